The number of amides is 1. The Morgan fingerprint density at radius 2 is 2.16 bits per heavy atom. The van der Waals surface area contributed by atoms with Crippen LogP contribution in [0.1, 0.15) is 15.9 Å². The molecule has 1 amide bonds. The summed E-state index contributed by atoms with van der Waals surface area (Å²) in [5.41, 5.74) is 1.70. The van der Waals surface area contributed by atoms with E-state index in [2.05, 4.69) is 10.3 Å². The molecule has 0 fully saturated rings. The van der Waals surface area contributed by atoms with Gasteiger partial charge in [0, 0.05) is 12.4 Å². The van der Waals surface area contributed by atoms with Gasteiger partial charge in [0.2, 0.25) is 0 Å². The maximum Gasteiger partial charge on any atom is 0.253 e. The number of benzene rings is 1. The second-order valence-electron chi connectivity index (χ2n) is 4.53. The smallest absolute Gasteiger partial charge is 0.253 e. The summed E-state index contributed by atoms with van der Waals surface area (Å²) < 4.78 is 5.64. The highest BCUT2D eigenvalue weighted by Crippen LogP contribution is 2.23. The normalized spacial score (nSPS) is 17.2. The maximum atomic E-state index is 12.0. The van der Waals surface area contributed by atoms with E-state index in [4.69, 9.17) is 4.74 Å². The van der Waals surface area contributed by atoms with Gasteiger partial charge in [-0.2, -0.15) is 0 Å². The van der Waals surface area contributed by atoms with Crippen molar-refractivity contribution in [1.82, 2.24) is 10.3 Å². The average Bonchev–Trinajstić information content (AvgIpc) is 2.48. The third-order valence-electron chi connectivity index (χ3n) is 3.14. The minimum Gasteiger partial charge on any atom is -0.491 e. The van der Waals surface area contributed by atoms with Crippen molar-refractivity contribution in [3.05, 3.63) is 59.9 Å². The molecule has 0 saturated heterocycles. The van der Waals surface area contributed by atoms with Crippen LogP contribution in [0.5, 0.6) is 5.75 Å². The fourth-order valence-corrected chi connectivity index (χ4v) is 2.19. The number of nitrogens with one attached hydrogen (secondary N) is 1. The number of fused-ring (bicyclic) bond motifs is 1. The molecule has 4 heteroatoms. The molecular formula is C15H14N2O2. The molecule has 1 N–H and O–H groups in total. The fraction of sp³-hybridized carbons (Fsp3) is 0.200. The SMILES string of the molecule is O=C(NC1COc2ccccc2C1)c1cccnc1. The molecule has 0 bridgehead atoms. The molecule has 1 aliphatic heterocycles. The number of pyridine rings is 1. The van der Waals surface area contributed by atoms with Crippen molar-refractivity contribution < 1.29 is 9.53 Å². The van der Waals surface area contributed by atoms with Gasteiger partial charge in [0.05, 0.1) is 11.6 Å². The van der Waals surface area contributed by atoms with Gasteiger partial charge >= 0.3 is 0 Å². The summed E-state index contributed by atoms with van der Waals surface area (Å²) in [5.74, 6) is 0.801. The molecule has 0 aliphatic carbocycles. The van der Waals surface area contributed by atoms with Crippen LogP contribution in [0.25, 0.3) is 0 Å². The van der Waals surface area contributed by atoms with E-state index < -0.39 is 0 Å². The van der Waals surface area contributed by atoms with Gasteiger partial charge in [0.15, 0.2) is 0 Å². The number of carbonyl (C=O) groups excluding carboxylic acids is 1. The van der Waals surface area contributed by atoms with E-state index in [1.807, 2.05) is 24.3 Å². The summed E-state index contributed by atoms with van der Waals surface area (Å²) in [5, 5.41) is 2.97. The molecule has 2 aromatic rings. The Bertz CT molecular complexity index is 584. The molecule has 0 spiro atoms. The van der Waals surface area contributed by atoms with Gasteiger partial charge in [-0.3, -0.25) is 9.78 Å². The van der Waals surface area contributed by atoms with Gasteiger partial charge in [-0.05, 0) is 30.2 Å². The monoisotopic (exact) mass is 254 g/mol. The van der Waals surface area contributed by atoms with Crippen molar-refractivity contribution in [3.8, 4) is 5.75 Å². The van der Waals surface area contributed by atoms with Crippen LogP contribution in [-0.4, -0.2) is 23.5 Å². The van der Waals surface area contributed by atoms with E-state index in [9.17, 15) is 4.79 Å². The Kier molecular flexibility index (Phi) is 3.14. The zero-order valence-electron chi connectivity index (χ0n) is 10.4. The molecule has 2 heterocycles. The van der Waals surface area contributed by atoms with Gasteiger partial charge in [-0.15, -0.1) is 0 Å². The summed E-state index contributed by atoms with van der Waals surface area (Å²) in [4.78, 5) is 16.0. The Hall–Kier alpha value is -2.36. The highest BCUT2D eigenvalue weighted by molar-refractivity contribution is 5.94. The van der Waals surface area contributed by atoms with E-state index in [1.165, 1.54) is 0 Å². The van der Waals surface area contributed by atoms with Crippen molar-refractivity contribution in [3.63, 3.8) is 0 Å². The van der Waals surface area contributed by atoms with Crippen LogP contribution in [0.2, 0.25) is 0 Å². The Labute approximate surface area is 111 Å². The third kappa shape index (κ3) is 2.57. The molecule has 1 unspecified atom stereocenters. The van der Waals surface area contributed by atoms with Gasteiger partial charge in [-0.25, -0.2) is 0 Å². The zero-order valence-corrected chi connectivity index (χ0v) is 10.4. The third-order valence-corrected chi connectivity index (χ3v) is 3.14. The van der Waals surface area contributed by atoms with E-state index >= 15 is 0 Å². The first-order valence-electron chi connectivity index (χ1n) is 6.24. The molecule has 1 aliphatic rings. The summed E-state index contributed by atoms with van der Waals surface area (Å²) in [6.45, 7) is 0.503. The van der Waals surface area contributed by atoms with Crippen LogP contribution >= 0.6 is 0 Å². The molecular weight excluding hydrogens is 240 g/mol. The maximum absolute atomic E-state index is 12.0. The molecule has 1 aromatic heterocycles. The lowest BCUT2D eigenvalue weighted by Crippen LogP contribution is -2.42. The second kappa shape index (κ2) is 5.10. The molecule has 1 atom stereocenters. The topological polar surface area (TPSA) is 51.2 Å². The first-order chi connectivity index (χ1) is 9.33. The standard InChI is InChI=1S/C15H14N2O2/c18-15(12-5-3-7-16-9-12)17-13-8-11-4-1-2-6-14(11)19-10-13/h1-7,9,13H,8,10H2,(H,17,18). The average molecular weight is 254 g/mol. The summed E-state index contributed by atoms with van der Waals surface area (Å²) in [6.07, 6.45) is 4.01. The van der Waals surface area contributed by atoms with Crippen LogP contribution in [0.4, 0.5) is 0 Å². The van der Waals surface area contributed by atoms with E-state index in [0.29, 0.717) is 12.2 Å². The summed E-state index contributed by atoms with van der Waals surface area (Å²) in [6, 6.07) is 11.4. The van der Waals surface area contributed by atoms with Crippen LogP contribution in [0, 0.1) is 0 Å². The zero-order chi connectivity index (χ0) is 13.1. The quantitative estimate of drug-likeness (QED) is 0.889. The van der Waals surface area contributed by atoms with Crippen molar-refractivity contribution in [2.45, 2.75) is 12.5 Å². The molecule has 4 nitrogen and oxygen atoms in total. The van der Waals surface area contributed by atoms with Gasteiger partial charge < -0.3 is 10.1 Å². The molecule has 19 heavy (non-hydrogen) atoms. The molecule has 3 rings (SSSR count). The number of ether oxygens (including phenoxy) is 1. The lowest BCUT2D eigenvalue weighted by molar-refractivity contribution is 0.0915. The number of hydrogen-bond acceptors (Lipinski definition) is 3. The van der Waals surface area contributed by atoms with Crippen LogP contribution in [0.15, 0.2) is 48.8 Å². The lowest BCUT2D eigenvalue weighted by Gasteiger charge is -2.25. The highest BCUT2D eigenvalue weighted by atomic mass is 16.5. The molecule has 1 aromatic carbocycles. The van der Waals surface area contributed by atoms with Crippen molar-refractivity contribution in [2.24, 2.45) is 0 Å². The van der Waals surface area contributed by atoms with Crippen LogP contribution in [-0.2, 0) is 6.42 Å². The van der Waals surface area contributed by atoms with Gasteiger partial charge in [-0.1, -0.05) is 18.2 Å². The van der Waals surface area contributed by atoms with Gasteiger partial charge in [0.1, 0.15) is 12.4 Å². The number of aromatic nitrogens is 1. The van der Waals surface area contributed by atoms with Crippen LogP contribution in [0.3, 0.4) is 0 Å². The number of rotatable bonds is 2. The Morgan fingerprint density at radius 1 is 1.26 bits per heavy atom. The minimum absolute atomic E-state index is 0.00241. The van der Waals surface area contributed by atoms with Crippen molar-refractivity contribution >= 4 is 5.91 Å². The molecule has 0 saturated carbocycles. The van der Waals surface area contributed by atoms with Crippen molar-refractivity contribution in [2.75, 3.05) is 6.61 Å². The van der Waals surface area contributed by atoms with Crippen molar-refractivity contribution in [1.29, 1.82) is 0 Å². The predicted octanol–water partition coefficient (Wildman–Crippen LogP) is 1.82. The number of para-hydroxylation sites is 1. The largest absolute Gasteiger partial charge is 0.491 e. The first-order valence-corrected chi connectivity index (χ1v) is 6.24. The summed E-state index contributed by atoms with van der Waals surface area (Å²) >= 11 is 0. The second-order valence-corrected chi connectivity index (χ2v) is 4.53. The number of hydrogen-bond donors (Lipinski definition) is 1. The number of carbonyl (C=O) groups is 1. The number of nitrogens with zero attached hydrogens (tertiary/aromatic N) is 1. The first kappa shape index (κ1) is 11.7. The lowest BCUT2D eigenvalue weighted by atomic mass is 10.0. The van der Waals surface area contributed by atoms with E-state index in [-0.39, 0.29) is 11.9 Å². The highest BCUT2D eigenvalue weighted by Gasteiger charge is 2.21. The van der Waals surface area contributed by atoms with Gasteiger partial charge in [0.25, 0.3) is 5.91 Å². The van der Waals surface area contributed by atoms with E-state index in [0.717, 1.165) is 17.7 Å². The predicted molar refractivity (Wildman–Crippen MR) is 71.1 cm³/mol. The van der Waals surface area contributed by atoms with Crippen LogP contribution < -0.4 is 10.1 Å². The summed E-state index contributed by atoms with van der Waals surface area (Å²) in [7, 11) is 0. The van der Waals surface area contributed by atoms with E-state index in [1.54, 1.807) is 24.5 Å². The fourth-order valence-electron chi connectivity index (χ4n) is 2.19. The Morgan fingerprint density at radius 3 is 3.00 bits per heavy atom. The Balaban J connectivity index is 1.68. The minimum atomic E-state index is -0.110. The molecule has 0 radical (unpaired) electrons. The molecule has 96 valence electrons.